The molecule has 0 bridgehead atoms. The molecule has 1 aromatic heterocycles. The third-order valence-electron chi connectivity index (χ3n) is 5.43. The van der Waals surface area contributed by atoms with Crippen LogP contribution >= 0.6 is 0 Å². The number of carbonyl (C=O) groups excluding carboxylic acids is 1. The molecule has 0 aliphatic heterocycles. The van der Waals surface area contributed by atoms with Crippen molar-refractivity contribution in [2.45, 2.75) is 50.8 Å². The molecule has 1 fully saturated rings. The van der Waals surface area contributed by atoms with E-state index >= 15 is 0 Å². The highest BCUT2D eigenvalue weighted by Crippen LogP contribution is 2.37. The van der Waals surface area contributed by atoms with Crippen LogP contribution in [0, 0.1) is 0 Å². The van der Waals surface area contributed by atoms with Crippen molar-refractivity contribution < 1.29 is 28.2 Å². The lowest BCUT2D eigenvalue weighted by molar-refractivity contribution is -0.137. The van der Waals surface area contributed by atoms with E-state index in [-0.39, 0.29) is 5.75 Å². The van der Waals surface area contributed by atoms with Crippen LogP contribution in [0.3, 0.4) is 0 Å². The number of halogens is 3. The van der Waals surface area contributed by atoms with Crippen molar-refractivity contribution in [3.63, 3.8) is 0 Å². The van der Waals surface area contributed by atoms with Gasteiger partial charge in [-0.25, -0.2) is 0 Å². The summed E-state index contributed by atoms with van der Waals surface area (Å²) in [6, 6.07) is 10.4. The topological polar surface area (TPSA) is 85.4 Å². The molecule has 1 unspecified atom stereocenters. The van der Waals surface area contributed by atoms with E-state index in [0.29, 0.717) is 23.4 Å². The summed E-state index contributed by atoms with van der Waals surface area (Å²) < 4.78 is 36.6. The van der Waals surface area contributed by atoms with Gasteiger partial charge in [0.1, 0.15) is 11.9 Å². The van der Waals surface area contributed by atoms with E-state index in [1.165, 1.54) is 18.6 Å². The predicted octanol–water partition coefficient (Wildman–Crippen LogP) is 5.56. The third-order valence-corrected chi connectivity index (χ3v) is 5.43. The summed E-state index contributed by atoms with van der Waals surface area (Å²) in [6.45, 7) is 1.73. The molecule has 0 radical (unpaired) electrons. The Morgan fingerprint density at radius 2 is 1.87 bits per heavy atom. The second-order valence-electron chi connectivity index (χ2n) is 7.59. The van der Waals surface area contributed by atoms with Crippen LogP contribution in [0.1, 0.15) is 49.7 Å². The van der Waals surface area contributed by atoms with Crippen LogP contribution in [-0.2, 0) is 11.0 Å². The van der Waals surface area contributed by atoms with Gasteiger partial charge in [-0.2, -0.15) is 13.2 Å². The van der Waals surface area contributed by atoms with Gasteiger partial charge in [0, 0.05) is 17.1 Å². The highest BCUT2D eigenvalue weighted by molar-refractivity contribution is 6.03. The van der Waals surface area contributed by atoms with E-state index in [1.807, 2.05) is 0 Å². The normalized spacial score (nSPS) is 15.0. The highest BCUT2D eigenvalue weighted by atomic mass is 19.4. The molecule has 31 heavy (non-hydrogen) atoms. The van der Waals surface area contributed by atoms with E-state index in [4.69, 9.17) is 0 Å². The van der Waals surface area contributed by atoms with Crippen molar-refractivity contribution in [2.24, 2.45) is 0 Å². The maximum Gasteiger partial charge on any atom is 0.416 e. The Kier molecular flexibility index (Phi) is 6.90. The maximum atomic E-state index is 12.2. The number of hydrogen-bond acceptors (Lipinski definition) is 3. The molecule has 166 valence electrons. The van der Waals surface area contributed by atoms with E-state index in [0.717, 1.165) is 23.9 Å². The number of aliphatic hydroxyl groups excluding tert-OH is 1. The Morgan fingerprint density at radius 3 is 2.42 bits per heavy atom. The molecule has 1 saturated carbocycles. The Morgan fingerprint density at radius 1 is 1.19 bits per heavy atom. The Bertz CT molecular complexity index is 1020. The molecule has 1 amide bonds. The van der Waals surface area contributed by atoms with Gasteiger partial charge in [0.15, 0.2) is 0 Å². The maximum absolute atomic E-state index is 12.2. The van der Waals surface area contributed by atoms with Crippen LogP contribution < -0.4 is 5.32 Å². The summed E-state index contributed by atoms with van der Waals surface area (Å²) in [6.07, 6.45) is 0.196. The van der Waals surface area contributed by atoms with Crippen LogP contribution in [0.2, 0.25) is 0 Å². The van der Waals surface area contributed by atoms with E-state index in [1.54, 1.807) is 43.5 Å². The number of alkyl halides is 3. The molecule has 1 heterocycles. The van der Waals surface area contributed by atoms with Crippen molar-refractivity contribution in [3.05, 3.63) is 59.8 Å². The number of H-pyrrole nitrogens is 1. The molecular formula is C23H25F3N2O3. The zero-order valence-electron chi connectivity index (χ0n) is 17.0. The van der Waals surface area contributed by atoms with Crippen LogP contribution in [0.4, 0.5) is 18.9 Å². The van der Waals surface area contributed by atoms with Gasteiger partial charge in [-0.05, 0) is 61.1 Å². The average Bonchev–Trinajstić information content (AvgIpc) is 3.08. The number of aromatic hydroxyl groups is 1. The number of phenols is 1. The largest absolute Gasteiger partial charge is 0.508 e. The van der Waals surface area contributed by atoms with E-state index in [2.05, 4.69) is 10.3 Å². The average molecular weight is 434 g/mol. The smallest absolute Gasteiger partial charge is 0.416 e. The SMILES string of the molecule is CCC(O)C(=O)Nc1c[nH]c2ccc(O)cc12.FC(F)(F)c1ccc(C2CCC2)cc1. The van der Waals surface area contributed by atoms with Gasteiger partial charge in [0.05, 0.1) is 11.3 Å². The number of amides is 1. The molecule has 1 aliphatic carbocycles. The summed E-state index contributed by atoms with van der Waals surface area (Å²) in [5.41, 5.74) is 1.85. The number of carbonyl (C=O) groups is 1. The van der Waals surface area contributed by atoms with Gasteiger partial charge in [0.25, 0.3) is 5.91 Å². The minimum atomic E-state index is -4.21. The van der Waals surface area contributed by atoms with Crippen molar-refractivity contribution in [3.8, 4) is 5.75 Å². The summed E-state index contributed by atoms with van der Waals surface area (Å²) >= 11 is 0. The molecular weight excluding hydrogens is 409 g/mol. The number of rotatable bonds is 4. The quantitative estimate of drug-likeness (QED) is 0.434. The molecule has 0 saturated heterocycles. The summed E-state index contributed by atoms with van der Waals surface area (Å²) in [5.74, 6) is 0.178. The van der Waals surface area contributed by atoms with Crippen LogP contribution in [-0.4, -0.2) is 27.2 Å². The predicted molar refractivity (Wildman–Crippen MR) is 113 cm³/mol. The van der Waals surface area contributed by atoms with Crippen LogP contribution in [0.5, 0.6) is 5.75 Å². The van der Waals surface area contributed by atoms with Crippen molar-refractivity contribution in [1.29, 1.82) is 0 Å². The van der Waals surface area contributed by atoms with Gasteiger partial charge in [0.2, 0.25) is 0 Å². The van der Waals surface area contributed by atoms with Crippen LogP contribution in [0.15, 0.2) is 48.7 Å². The number of benzene rings is 2. The lowest BCUT2D eigenvalue weighted by atomic mass is 9.80. The second kappa shape index (κ2) is 9.43. The number of aromatic nitrogens is 1. The van der Waals surface area contributed by atoms with Gasteiger partial charge >= 0.3 is 6.18 Å². The van der Waals surface area contributed by atoms with Crippen molar-refractivity contribution in [1.82, 2.24) is 4.98 Å². The minimum absolute atomic E-state index is 0.128. The fourth-order valence-electron chi connectivity index (χ4n) is 3.30. The summed E-state index contributed by atoms with van der Waals surface area (Å²) in [7, 11) is 0. The number of nitrogens with one attached hydrogen (secondary N) is 2. The lowest BCUT2D eigenvalue weighted by Gasteiger charge is -2.25. The molecule has 2 aromatic carbocycles. The van der Waals surface area contributed by atoms with Crippen molar-refractivity contribution >= 4 is 22.5 Å². The van der Waals surface area contributed by atoms with Crippen molar-refractivity contribution in [2.75, 3.05) is 5.32 Å². The minimum Gasteiger partial charge on any atom is -0.508 e. The molecule has 4 N–H and O–H groups in total. The fraction of sp³-hybridized carbons (Fsp3) is 0.348. The Balaban J connectivity index is 0.000000179. The fourth-order valence-corrected chi connectivity index (χ4v) is 3.30. The number of aliphatic hydroxyl groups is 1. The molecule has 0 spiro atoms. The van der Waals surface area contributed by atoms with Gasteiger partial charge in [-0.15, -0.1) is 0 Å². The summed E-state index contributed by atoms with van der Waals surface area (Å²) in [5, 5.41) is 22.1. The van der Waals surface area contributed by atoms with E-state index in [9.17, 15) is 28.2 Å². The number of anilines is 1. The highest BCUT2D eigenvalue weighted by Gasteiger charge is 2.30. The monoisotopic (exact) mass is 434 g/mol. The molecule has 8 heteroatoms. The number of phenolic OH excluding ortho intramolecular Hbond substituents is 1. The second-order valence-corrected chi connectivity index (χ2v) is 7.59. The number of hydrogen-bond donors (Lipinski definition) is 4. The molecule has 1 atom stereocenters. The molecule has 5 nitrogen and oxygen atoms in total. The first-order chi connectivity index (χ1) is 14.7. The van der Waals surface area contributed by atoms with Gasteiger partial charge < -0.3 is 20.5 Å². The molecule has 1 aliphatic rings. The number of fused-ring (bicyclic) bond motifs is 1. The molecule has 4 rings (SSSR count). The number of aromatic amines is 1. The first-order valence-electron chi connectivity index (χ1n) is 10.1. The van der Waals surface area contributed by atoms with Gasteiger partial charge in [-0.1, -0.05) is 25.5 Å². The zero-order valence-corrected chi connectivity index (χ0v) is 17.0. The third kappa shape index (κ3) is 5.58. The summed E-state index contributed by atoms with van der Waals surface area (Å²) in [4.78, 5) is 14.5. The van der Waals surface area contributed by atoms with E-state index < -0.39 is 23.8 Å². The Labute approximate surface area is 177 Å². The Hall–Kier alpha value is -3.00. The van der Waals surface area contributed by atoms with Crippen LogP contribution in [0.25, 0.3) is 10.9 Å². The molecule has 3 aromatic rings. The standard InChI is InChI=1S/C12H14N2O3.C11H11F3/c1-2-11(16)12(17)14-10-6-13-9-4-3-7(15)5-8(9)10;12-11(13,14)10-6-4-9(5-7-10)8-2-1-3-8/h3-6,11,13,15-16H,2H2,1H3,(H,14,17);4-8H,1-3H2. The zero-order chi connectivity index (χ0) is 22.6. The first kappa shape index (κ1) is 22.7. The van der Waals surface area contributed by atoms with Gasteiger partial charge in [-0.3, -0.25) is 4.79 Å². The lowest BCUT2D eigenvalue weighted by Crippen LogP contribution is -2.26. The first-order valence-corrected chi connectivity index (χ1v) is 10.1.